The summed E-state index contributed by atoms with van der Waals surface area (Å²) in [7, 11) is 0. The van der Waals surface area contributed by atoms with Crippen molar-refractivity contribution in [2.24, 2.45) is 0 Å². The Morgan fingerprint density at radius 2 is 1.79 bits per heavy atom. The quantitative estimate of drug-likeness (QED) is 0.423. The smallest absolute Gasteiger partial charge is 0.120 e. The summed E-state index contributed by atoms with van der Waals surface area (Å²) < 4.78 is 0. The predicted molar refractivity (Wildman–Crippen MR) is 116 cm³/mol. The minimum Gasteiger partial charge on any atom is -0.508 e. The van der Waals surface area contributed by atoms with Crippen LogP contribution in [0.25, 0.3) is 22.0 Å². The fourth-order valence-corrected chi connectivity index (χ4v) is 3.53. The van der Waals surface area contributed by atoms with Crippen LogP contribution in [0.4, 0.5) is 0 Å². The zero-order valence-electron chi connectivity index (χ0n) is 15.4. The van der Waals surface area contributed by atoms with Crippen molar-refractivity contribution < 1.29 is 5.11 Å². The lowest BCUT2D eigenvalue weighted by atomic mass is 9.99. The maximum atomic E-state index is 10.3. The normalized spacial score (nSPS) is 11.0. The third-order valence-electron chi connectivity index (χ3n) is 4.84. The fourth-order valence-electron chi connectivity index (χ4n) is 3.37. The van der Waals surface area contributed by atoms with Crippen molar-refractivity contribution in [1.29, 1.82) is 0 Å². The van der Waals surface area contributed by atoms with Crippen molar-refractivity contribution in [1.82, 2.24) is 10.3 Å². The number of hydrogen-bond acceptors (Lipinski definition) is 3. The van der Waals surface area contributed by atoms with Crippen molar-refractivity contribution in [3.63, 3.8) is 0 Å². The second kappa shape index (κ2) is 8.42. The maximum Gasteiger partial charge on any atom is 0.120 e. The molecule has 28 heavy (non-hydrogen) atoms. The van der Waals surface area contributed by atoms with Gasteiger partial charge in [0.25, 0.3) is 0 Å². The van der Waals surface area contributed by atoms with E-state index in [1.165, 1.54) is 5.56 Å². The Labute approximate surface area is 169 Å². The van der Waals surface area contributed by atoms with Gasteiger partial charge in [-0.1, -0.05) is 54.1 Å². The van der Waals surface area contributed by atoms with Gasteiger partial charge in [-0.05, 0) is 60.0 Å². The summed E-state index contributed by atoms with van der Waals surface area (Å²) in [5, 5.41) is 15.4. The summed E-state index contributed by atoms with van der Waals surface area (Å²) in [6.45, 7) is 1.46. The van der Waals surface area contributed by atoms with E-state index in [-0.39, 0.29) is 0 Å². The van der Waals surface area contributed by atoms with Crippen molar-refractivity contribution >= 4 is 22.5 Å². The number of nitrogens with zero attached hydrogens (tertiary/aromatic N) is 1. The fraction of sp³-hybridized carbons (Fsp3) is 0.125. The Kier molecular flexibility index (Phi) is 5.56. The van der Waals surface area contributed by atoms with E-state index in [1.807, 2.05) is 42.5 Å². The average molecular weight is 389 g/mol. The number of halogens is 1. The molecule has 0 unspecified atom stereocenters. The molecule has 4 aromatic rings. The molecule has 0 amide bonds. The second-order valence-corrected chi connectivity index (χ2v) is 7.21. The molecule has 1 heterocycles. The predicted octanol–water partition coefficient (Wildman–Crippen LogP) is 5.59. The van der Waals surface area contributed by atoms with E-state index >= 15 is 0 Å². The van der Waals surface area contributed by atoms with Crippen molar-refractivity contribution in [2.75, 3.05) is 6.54 Å². The number of rotatable bonds is 6. The van der Waals surface area contributed by atoms with E-state index in [0.717, 1.165) is 40.6 Å². The molecule has 0 aliphatic carbocycles. The van der Waals surface area contributed by atoms with E-state index < -0.39 is 0 Å². The van der Waals surface area contributed by atoms with Gasteiger partial charge in [0.05, 0.1) is 5.52 Å². The number of benzene rings is 3. The number of hydrogen-bond donors (Lipinski definition) is 2. The van der Waals surface area contributed by atoms with Gasteiger partial charge in [-0.25, -0.2) is 0 Å². The molecule has 1 aromatic heterocycles. The first-order valence-corrected chi connectivity index (χ1v) is 9.70. The van der Waals surface area contributed by atoms with Crippen LogP contribution in [0.1, 0.15) is 11.1 Å². The molecule has 0 bridgehead atoms. The van der Waals surface area contributed by atoms with Crippen LogP contribution in [-0.4, -0.2) is 16.6 Å². The zero-order chi connectivity index (χ0) is 19.3. The van der Waals surface area contributed by atoms with Crippen LogP contribution in [0.3, 0.4) is 0 Å². The highest BCUT2D eigenvalue weighted by Gasteiger charge is 2.09. The molecule has 4 heteroatoms. The molecule has 0 spiro atoms. The third-order valence-corrected chi connectivity index (χ3v) is 5.08. The highest BCUT2D eigenvalue weighted by Crippen LogP contribution is 2.31. The number of aromatic hydroxyl groups is 1. The van der Waals surface area contributed by atoms with Crippen LogP contribution in [0.2, 0.25) is 5.02 Å². The Hall–Kier alpha value is -2.88. The van der Waals surface area contributed by atoms with E-state index in [4.69, 9.17) is 11.6 Å². The molecule has 4 rings (SSSR count). The molecule has 0 aliphatic rings. The summed E-state index contributed by atoms with van der Waals surface area (Å²) in [4.78, 5) is 4.41. The SMILES string of the molecule is Oc1ccc(-c2ccnc3cc(Cl)ccc23)cc1CNCCc1ccccc1. The standard InChI is InChI=1S/C24H21ClN2O/c25-20-7-8-22-21(11-13-27-23(22)15-20)18-6-9-24(28)19(14-18)16-26-12-10-17-4-2-1-3-5-17/h1-9,11,13-15,26,28H,10,12,16H2. The number of pyridine rings is 1. The largest absolute Gasteiger partial charge is 0.508 e. The van der Waals surface area contributed by atoms with Crippen molar-refractivity contribution in [3.05, 3.63) is 95.1 Å². The van der Waals surface area contributed by atoms with Gasteiger partial charge < -0.3 is 10.4 Å². The average Bonchev–Trinajstić information content (AvgIpc) is 2.72. The van der Waals surface area contributed by atoms with Crippen LogP contribution in [-0.2, 0) is 13.0 Å². The highest BCUT2D eigenvalue weighted by molar-refractivity contribution is 6.31. The van der Waals surface area contributed by atoms with Crippen LogP contribution < -0.4 is 5.32 Å². The van der Waals surface area contributed by atoms with Gasteiger partial charge in [0.2, 0.25) is 0 Å². The molecule has 0 saturated carbocycles. The van der Waals surface area contributed by atoms with Crippen LogP contribution in [0.5, 0.6) is 5.75 Å². The number of phenolic OH excluding ortho intramolecular Hbond substituents is 1. The van der Waals surface area contributed by atoms with E-state index in [9.17, 15) is 5.11 Å². The lowest BCUT2D eigenvalue weighted by molar-refractivity contribution is 0.465. The number of fused-ring (bicyclic) bond motifs is 1. The highest BCUT2D eigenvalue weighted by atomic mass is 35.5. The molecule has 140 valence electrons. The van der Waals surface area contributed by atoms with Crippen LogP contribution >= 0.6 is 11.6 Å². The Morgan fingerprint density at radius 3 is 2.64 bits per heavy atom. The number of phenols is 1. The lowest BCUT2D eigenvalue weighted by Crippen LogP contribution is -2.16. The number of aromatic nitrogens is 1. The van der Waals surface area contributed by atoms with E-state index in [0.29, 0.717) is 17.3 Å². The molecule has 0 radical (unpaired) electrons. The monoisotopic (exact) mass is 388 g/mol. The Morgan fingerprint density at radius 1 is 0.929 bits per heavy atom. The summed E-state index contributed by atoms with van der Waals surface area (Å²) in [6.07, 6.45) is 2.75. The van der Waals surface area contributed by atoms with Gasteiger partial charge in [-0.15, -0.1) is 0 Å². The third kappa shape index (κ3) is 4.16. The summed E-state index contributed by atoms with van der Waals surface area (Å²) in [5.41, 5.74) is 5.17. The van der Waals surface area contributed by atoms with Crippen LogP contribution in [0, 0.1) is 0 Å². The molecule has 3 aromatic carbocycles. The molecule has 0 aliphatic heterocycles. The van der Waals surface area contributed by atoms with Crippen molar-refractivity contribution in [3.8, 4) is 16.9 Å². The molecule has 0 saturated heterocycles. The summed E-state index contributed by atoms with van der Waals surface area (Å²) in [6, 6.07) is 23.8. The van der Waals surface area contributed by atoms with Gasteiger partial charge in [0.15, 0.2) is 0 Å². The van der Waals surface area contributed by atoms with Gasteiger partial charge in [-0.2, -0.15) is 0 Å². The lowest BCUT2D eigenvalue weighted by Gasteiger charge is -2.11. The molecule has 0 fully saturated rings. The van der Waals surface area contributed by atoms with Gasteiger partial charge in [0, 0.05) is 28.7 Å². The first kappa shape index (κ1) is 18.5. The van der Waals surface area contributed by atoms with Gasteiger partial charge in [0.1, 0.15) is 5.75 Å². The second-order valence-electron chi connectivity index (χ2n) is 6.78. The van der Waals surface area contributed by atoms with Crippen molar-refractivity contribution in [2.45, 2.75) is 13.0 Å². The zero-order valence-corrected chi connectivity index (χ0v) is 16.2. The first-order chi connectivity index (χ1) is 13.7. The summed E-state index contributed by atoms with van der Waals surface area (Å²) in [5.74, 6) is 0.303. The molecule has 2 N–H and O–H groups in total. The molecule has 3 nitrogen and oxygen atoms in total. The minimum absolute atomic E-state index is 0.303. The minimum atomic E-state index is 0.303. The van der Waals surface area contributed by atoms with Gasteiger partial charge >= 0.3 is 0 Å². The molecular weight excluding hydrogens is 368 g/mol. The molecular formula is C24H21ClN2O. The maximum absolute atomic E-state index is 10.3. The van der Waals surface area contributed by atoms with E-state index in [1.54, 1.807) is 12.3 Å². The van der Waals surface area contributed by atoms with Crippen LogP contribution in [0.15, 0.2) is 79.0 Å². The Balaban J connectivity index is 1.53. The Bertz CT molecular complexity index is 1100. The van der Waals surface area contributed by atoms with Gasteiger partial charge in [-0.3, -0.25) is 4.98 Å². The summed E-state index contributed by atoms with van der Waals surface area (Å²) >= 11 is 6.10. The molecule has 0 atom stereocenters. The van der Waals surface area contributed by atoms with E-state index in [2.05, 4.69) is 34.6 Å². The number of nitrogens with one attached hydrogen (secondary N) is 1. The topological polar surface area (TPSA) is 45.2 Å². The first-order valence-electron chi connectivity index (χ1n) is 9.32.